The Labute approximate surface area is 105 Å². The molecular formula is C12H8BrNO3. The minimum absolute atomic E-state index is 0.223. The van der Waals surface area contributed by atoms with Gasteiger partial charge in [-0.1, -0.05) is 15.9 Å². The molecule has 1 N–H and O–H groups in total. The van der Waals surface area contributed by atoms with Gasteiger partial charge in [-0.2, -0.15) is 0 Å². The average molecular weight is 294 g/mol. The zero-order chi connectivity index (χ0) is 12.2. The van der Waals surface area contributed by atoms with Crippen molar-refractivity contribution in [3.05, 3.63) is 34.4 Å². The molecule has 0 saturated carbocycles. The Hall–Kier alpha value is -1.75. The largest absolute Gasteiger partial charge is 0.477 e. The smallest absolute Gasteiger partial charge is 0.352 e. The fourth-order valence-corrected chi connectivity index (χ4v) is 2.43. The lowest BCUT2D eigenvalue weighted by atomic mass is 10.2. The van der Waals surface area contributed by atoms with Gasteiger partial charge in [0.05, 0.1) is 5.52 Å². The third kappa shape index (κ3) is 1.39. The normalized spacial score (nSPS) is 11.4. The molecule has 4 nitrogen and oxygen atoms in total. The number of carboxylic acids is 1. The van der Waals surface area contributed by atoms with Crippen molar-refractivity contribution in [2.75, 3.05) is 0 Å². The lowest BCUT2D eigenvalue weighted by molar-refractivity contribution is 0.0687. The van der Waals surface area contributed by atoms with Crippen molar-refractivity contribution in [1.29, 1.82) is 0 Å². The number of benzene rings is 1. The number of carboxylic acid groups (broad SMARTS) is 1. The Bertz CT molecular complexity index is 754. The molecule has 0 amide bonds. The molecule has 17 heavy (non-hydrogen) atoms. The fourth-order valence-electron chi connectivity index (χ4n) is 2.07. The van der Waals surface area contributed by atoms with Gasteiger partial charge < -0.3 is 14.1 Å². The lowest BCUT2D eigenvalue weighted by Gasteiger charge is -1.98. The van der Waals surface area contributed by atoms with Crippen molar-refractivity contribution in [3.63, 3.8) is 0 Å². The number of hydrogen-bond acceptors (Lipinski definition) is 2. The summed E-state index contributed by atoms with van der Waals surface area (Å²) in [5.74, 6) is -0.956. The molecule has 0 atom stereocenters. The molecule has 0 aliphatic rings. The number of aromatic carboxylic acids is 1. The van der Waals surface area contributed by atoms with Crippen molar-refractivity contribution >= 4 is 44.0 Å². The molecule has 3 aromatic rings. The molecule has 86 valence electrons. The summed E-state index contributed by atoms with van der Waals surface area (Å²) in [7, 11) is 1.72. The van der Waals surface area contributed by atoms with Crippen LogP contribution in [0.4, 0.5) is 0 Å². The first-order valence-corrected chi connectivity index (χ1v) is 5.78. The van der Waals surface area contributed by atoms with Crippen LogP contribution in [0.3, 0.4) is 0 Å². The average Bonchev–Trinajstić information content (AvgIpc) is 2.76. The van der Waals surface area contributed by atoms with Crippen molar-refractivity contribution in [3.8, 4) is 0 Å². The van der Waals surface area contributed by atoms with Crippen LogP contribution in [0.25, 0.3) is 22.1 Å². The Kier molecular flexibility index (Phi) is 2.06. The molecule has 0 saturated heterocycles. The molecule has 0 radical (unpaired) electrons. The number of carbonyl (C=O) groups is 1. The first-order chi connectivity index (χ1) is 8.08. The summed E-state index contributed by atoms with van der Waals surface area (Å²) in [5, 5.41) is 9.95. The van der Waals surface area contributed by atoms with Gasteiger partial charge in [-0.25, -0.2) is 4.79 Å². The Balaban J connectivity index is 2.48. The van der Waals surface area contributed by atoms with Gasteiger partial charge in [-0.3, -0.25) is 0 Å². The molecule has 2 aromatic heterocycles. The van der Waals surface area contributed by atoms with E-state index in [0.717, 1.165) is 21.0 Å². The van der Waals surface area contributed by atoms with Crippen molar-refractivity contribution < 1.29 is 14.3 Å². The third-order valence-electron chi connectivity index (χ3n) is 2.83. The van der Waals surface area contributed by atoms with Crippen LogP contribution < -0.4 is 0 Å². The summed E-state index contributed by atoms with van der Waals surface area (Å²) in [6.45, 7) is 0. The molecule has 5 heteroatoms. The van der Waals surface area contributed by atoms with Crippen LogP contribution >= 0.6 is 15.9 Å². The number of hydrogen-bond donors (Lipinski definition) is 1. The summed E-state index contributed by atoms with van der Waals surface area (Å²) in [6.07, 6.45) is 0. The van der Waals surface area contributed by atoms with Crippen LogP contribution in [0.2, 0.25) is 0 Å². The minimum Gasteiger partial charge on any atom is -0.477 e. The van der Waals surface area contributed by atoms with Crippen LogP contribution in [0, 0.1) is 0 Å². The molecule has 0 aliphatic heterocycles. The number of rotatable bonds is 1. The third-order valence-corrected chi connectivity index (χ3v) is 3.33. The second-order valence-corrected chi connectivity index (χ2v) is 4.76. The summed E-state index contributed by atoms with van der Waals surface area (Å²) in [6, 6.07) is 7.22. The summed E-state index contributed by atoms with van der Waals surface area (Å²) < 4.78 is 8.18. The first kappa shape index (κ1) is 10.4. The molecule has 2 heterocycles. The van der Waals surface area contributed by atoms with Gasteiger partial charge in [-0.05, 0) is 18.2 Å². The molecule has 3 rings (SSSR count). The van der Waals surface area contributed by atoms with E-state index < -0.39 is 5.97 Å². The topological polar surface area (TPSA) is 55.4 Å². The zero-order valence-electron chi connectivity index (χ0n) is 8.90. The number of furan rings is 1. The quantitative estimate of drug-likeness (QED) is 0.748. The summed E-state index contributed by atoms with van der Waals surface area (Å²) >= 11 is 3.40. The first-order valence-electron chi connectivity index (χ1n) is 4.98. The summed E-state index contributed by atoms with van der Waals surface area (Å²) in [5.41, 5.74) is 2.38. The molecule has 0 bridgehead atoms. The van der Waals surface area contributed by atoms with Crippen LogP contribution in [-0.4, -0.2) is 15.6 Å². The highest BCUT2D eigenvalue weighted by atomic mass is 79.9. The molecule has 0 fully saturated rings. The second kappa shape index (κ2) is 3.37. The number of nitrogens with zero attached hydrogens (tertiary/aromatic N) is 1. The van der Waals surface area contributed by atoms with Gasteiger partial charge in [0.15, 0.2) is 5.58 Å². The highest BCUT2D eigenvalue weighted by Crippen LogP contribution is 2.32. The minimum atomic E-state index is -0.956. The van der Waals surface area contributed by atoms with Crippen LogP contribution in [-0.2, 0) is 7.05 Å². The van der Waals surface area contributed by atoms with E-state index in [1.54, 1.807) is 17.7 Å². The summed E-state index contributed by atoms with van der Waals surface area (Å²) in [4.78, 5) is 11.0. The number of halogens is 1. The van der Waals surface area contributed by atoms with E-state index in [0.29, 0.717) is 5.58 Å². The number of aromatic nitrogens is 1. The van der Waals surface area contributed by atoms with Crippen LogP contribution in [0.1, 0.15) is 10.5 Å². The van der Waals surface area contributed by atoms with E-state index in [2.05, 4.69) is 15.9 Å². The highest BCUT2D eigenvalue weighted by Gasteiger charge is 2.17. The number of fused-ring (bicyclic) bond motifs is 3. The van der Waals surface area contributed by atoms with Crippen LogP contribution in [0.5, 0.6) is 0 Å². The number of aryl methyl sites for hydroxylation is 1. The second-order valence-electron chi connectivity index (χ2n) is 3.85. The van der Waals surface area contributed by atoms with Gasteiger partial charge in [0.1, 0.15) is 11.3 Å². The van der Waals surface area contributed by atoms with E-state index in [9.17, 15) is 4.79 Å². The molecule has 0 unspecified atom stereocenters. The lowest BCUT2D eigenvalue weighted by Crippen LogP contribution is -2.03. The Morgan fingerprint density at radius 1 is 1.35 bits per heavy atom. The van der Waals surface area contributed by atoms with Crippen molar-refractivity contribution in [1.82, 2.24) is 4.57 Å². The van der Waals surface area contributed by atoms with Gasteiger partial charge >= 0.3 is 5.97 Å². The van der Waals surface area contributed by atoms with E-state index in [4.69, 9.17) is 9.52 Å². The van der Waals surface area contributed by atoms with E-state index in [-0.39, 0.29) is 5.69 Å². The molecule has 1 aromatic carbocycles. The SMILES string of the molecule is Cn1c(C(=O)O)cc2oc3ccc(Br)cc3c21. The van der Waals surface area contributed by atoms with E-state index in [1.165, 1.54) is 0 Å². The van der Waals surface area contributed by atoms with Crippen molar-refractivity contribution in [2.24, 2.45) is 7.05 Å². The van der Waals surface area contributed by atoms with Gasteiger partial charge in [0.2, 0.25) is 0 Å². The van der Waals surface area contributed by atoms with E-state index in [1.807, 2.05) is 18.2 Å². The van der Waals surface area contributed by atoms with Gasteiger partial charge in [0.25, 0.3) is 0 Å². The molecule has 0 aliphatic carbocycles. The van der Waals surface area contributed by atoms with E-state index >= 15 is 0 Å². The highest BCUT2D eigenvalue weighted by molar-refractivity contribution is 9.10. The fraction of sp³-hybridized carbons (Fsp3) is 0.0833. The maximum absolute atomic E-state index is 11.0. The maximum Gasteiger partial charge on any atom is 0.352 e. The molecular weight excluding hydrogens is 286 g/mol. The standard InChI is InChI=1S/C12H8BrNO3/c1-14-8(12(15)16)5-10-11(14)7-4-6(13)2-3-9(7)17-10/h2-5H,1H3,(H,15,16). The Morgan fingerprint density at radius 3 is 2.82 bits per heavy atom. The van der Waals surface area contributed by atoms with Crippen molar-refractivity contribution in [2.45, 2.75) is 0 Å². The van der Waals surface area contributed by atoms with Gasteiger partial charge in [0, 0.05) is 23.0 Å². The molecule has 0 spiro atoms. The van der Waals surface area contributed by atoms with Gasteiger partial charge in [-0.15, -0.1) is 0 Å². The monoisotopic (exact) mass is 293 g/mol. The van der Waals surface area contributed by atoms with Crippen LogP contribution in [0.15, 0.2) is 33.2 Å². The Morgan fingerprint density at radius 2 is 2.12 bits per heavy atom. The maximum atomic E-state index is 11.0. The predicted octanol–water partition coefficient (Wildman–Crippen LogP) is 3.39. The zero-order valence-corrected chi connectivity index (χ0v) is 10.5. The predicted molar refractivity (Wildman–Crippen MR) is 67.4 cm³/mol.